The van der Waals surface area contributed by atoms with E-state index in [0.717, 1.165) is 11.1 Å². The first-order chi connectivity index (χ1) is 14.7. The van der Waals surface area contributed by atoms with Crippen molar-refractivity contribution in [3.05, 3.63) is 89.0 Å². The van der Waals surface area contributed by atoms with Gasteiger partial charge >= 0.3 is 0 Å². The zero-order valence-electron chi connectivity index (χ0n) is 18.0. The number of anilines is 2. The summed E-state index contributed by atoms with van der Waals surface area (Å²) in [6, 6.07) is 19.6. The van der Waals surface area contributed by atoms with Gasteiger partial charge in [-0.05, 0) is 66.9 Å². The number of hydrogen-bond donors (Lipinski definition) is 1. The minimum atomic E-state index is -3.52. The van der Waals surface area contributed by atoms with Crippen LogP contribution in [0.2, 0.25) is 0 Å². The average Bonchev–Trinajstić information content (AvgIpc) is 2.74. The van der Waals surface area contributed by atoms with E-state index in [1.54, 1.807) is 42.5 Å². The van der Waals surface area contributed by atoms with Gasteiger partial charge in [-0.15, -0.1) is 0 Å². The number of carbonyl (C=O) groups excluding carboxylic acids is 1. The number of para-hydroxylation sites is 2. The van der Waals surface area contributed by atoms with Crippen molar-refractivity contribution < 1.29 is 17.9 Å². The van der Waals surface area contributed by atoms with E-state index in [2.05, 4.69) is 5.32 Å². The first-order valence-electron chi connectivity index (χ1n) is 9.77. The van der Waals surface area contributed by atoms with Crippen LogP contribution in [0.4, 0.5) is 11.4 Å². The van der Waals surface area contributed by atoms with Crippen LogP contribution in [-0.2, 0) is 16.6 Å². The Balaban J connectivity index is 1.87. The highest BCUT2D eigenvalue weighted by molar-refractivity contribution is 7.92. The Kier molecular flexibility index (Phi) is 6.65. The maximum atomic E-state index is 12.8. The molecule has 162 valence electrons. The molecule has 0 saturated heterocycles. The standard InChI is InChI=1S/C24H26N2O4S/c1-17-12-13-21(14-18(17)2)26(31(4,28)29)16-19-8-7-9-20(15-19)24(27)25-22-10-5-6-11-23(22)30-3/h5-15H,16H2,1-4H3,(H,25,27). The Morgan fingerprint density at radius 3 is 2.39 bits per heavy atom. The second-order valence-electron chi connectivity index (χ2n) is 7.39. The molecule has 7 heteroatoms. The van der Waals surface area contributed by atoms with Gasteiger partial charge in [-0.3, -0.25) is 9.10 Å². The van der Waals surface area contributed by atoms with E-state index in [4.69, 9.17) is 4.74 Å². The first-order valence-corrected chi connectivity index (χ1v) is 11.6. The largest absolute Gasteiger partial charge is 0.495 e. The van der Waals surface area contributed by atoms with E-state index >= 15 is 0 Å². The Hall–Kier alpha value is -3.32. The Labute approximate surface area is 183 Å². The number of carbonyl (C=O) groups is 1. The molecule has 0 heterocycles. The van der Waals surface area contributed by atoms with Crippen LogP contribution in [0.1, 0.15) is 27.0 Å². The number of rotatable bonds is 7. The minimum Gasteiger partial charge on any atom is -0.495 e. The van der Waals surface area contributed by atoms with Crippen molar-refractivity contribution >= 4 is 27.3 Å². The van der Waals surface area contributed by atoms with Crippen LogP contribution < -0.4 is 14.4 Å². The Morgan fingerprint density at radius 1 is 0.968 bits per heavy atom. The zero-order chi connectivity index (χ0) is 22.6. The van der Waals surface area contributed by atoms with Gasteiger partial charge in [-0.25, -0.2) is 8.42 Å². The topological polar surface area (TPSA) is 75.7 Å². The lowest BCUT2D eigenvalue weighted by molar-refractivity contribution is 0.102. The van der Waals surface area contributed by atoms with Gasteiger partial charge in [0.25, 0.3) is 5.91 Å². The summed E-state index contributed by atoms with van der Waals surface area (Å²) in [7, 11) is -1.98. The predicted octanol–water partition coefficient (Wildman–Crippen LogP) is 4.53. The van der Waals surface area contributed by atoms with E-state index in [0.29, 0.717) is 28.3 Å². The predicted molar refractivity (Wildman–Crippen MR) is 124 cm³/mol. The van der Waals surface area contributed by atoms with Gasteiger partial charge in [0.1, 0.15) is 5.75 Å². The number of benzene rings is 3. The summed E-state index contributed by atoms with van der Waals surface area (Å²) >= 11 is 0. The van der Waals surface area contributed by atoms with Crippen molar-refractivity contribution in [1.82, 2.24) is 0 Å². The first kappa shape index (κ1) is 22.4. The molecule has 0 aliphatic carbocycles. The molecule has 0 radical (unpaired) electrons. The smallest absolute Gasteiger partial charge is 0.255 e. The maximum Gasteiger partial charge on any atom is 0.255 e. The monoisotopic (exact) mass is 438 g/mol. The average molecular weight is 439 g/mol. The van der Waals surface area contributed by atoms with Crippen LogP contribution in [0.15, 0.2) is 66.7 Å². The summed E-state index contributed by atoms with van der Waals surface area (Å²) in [4.78, 5) is 12.8. The van der Waals surface area contributed by atoms with E-state index in [-0.39, 0.29) is 12.5 Å². The molecule has 3 aromatic rings. The number of amides is 1. The van der Waals surface area contributed by atoms with E-state index < -0.39 is 10.0 Å². The van der Waals surface area contributed by atoms with Crippen molar-refractivity contribution in [2.75, 3.05) is 23.0 Å². The van der Waals surface area contributed by atoms with Gasteiger partial charge in [0.2, 0.25) is 10.0 Å². The quantitative estimate of drug-likeness (QED) is 0.588. The normalized spacial score (nSPS) is 11.1. The van der Waals surface area contributed by atoms with Gasteiger partial charge in [0.15, 0.2) is 0 Å². The van der Waals surface area contributed by atoms with Crippen LogP contribution in [0.3, 0.4) is 0 Å². The highest BCUT2D eigenvalue weighted by Crippen LogP contribution is 2.25. The fraction of sp³-hybridized carbons (Fsp3) is 0.208. The molecular weight excluding hydrogens is 412 g/mol. The van der Waals surface area contributed by atoms with Crippen molar-refractivity contribution in [1.29, 1.82) is 0 Å². The molecule has 3 rings (SSSR count). The molecule has 0 unspecified atom stereocenters. The third-order valence-electron chi connectivity index (χ3n) is 5.05. The second kappa shape index (κ2) is 9.22. The molecule has 31 heavy (non-hydrogen) atoms. The van der Waals surface area contributed by atoms with E-state index in [1.165, 1.54) is 17.7 Å². The summed E-state index contributed by atoms with van der Waals surface area (Å²) in [5.41, 5.74) is 4.39. The lowest BCUT2D eigenvalue weighted by atomic mass is 10.1. The molecule has 0 aromatic heterocycles. The van der Waals surface area contributed by atoms with Gasteiger partial charge in [0.05, 0.1) is 31.3 Å². The molecule has 3 aromatic carbocycles. The molecule has 0 aliphatic rings. The fourth-order valence-corrected chi connectivity index (χ4v) is 4.08. The third kappa shape index (κ3) is 5.44. The van der Waals surface area contributed by atoms with Gasteiger partial charge in [-0.2, -0.15) is 0 Å². The number of nitrogens with zero attached hydrogens (tertiary/aromatic N) is 1. The summed E-state index contributed by atoms with van der Waals surface area (Å²) in [5.74, 6) is 0.258. The molecule has 1 amide bonds. The summed E-state index contributed by atoms with van der Waals surface area (Å²) < 4.78 is 31.6. The molecule has 0 spiro atoms. The number of ether oxygens (including phenoxy) is 1. The Bertz CT molecular complexity index is 1210. The number of hydrogen-bond acceptors (Lipinski definition) is 4. The summed E-state index contributed by atoms with van der Waals surface area (Å²) in [6.45, 7) is 4.05. The van der Waals surface area contributed by atoms with Crippen LogP contribution in [0.25, 0.3) is 0 Å². The number of nitrogens with one attached hydrogen (secondary N) is 1. The summed E-state index contributed by atoms with van der Waals surface area (Å²) in [6.07, 6.45) is 1.18. The highest BCUT2D eigenvalue weighted by atomic mass is 32.2. The number of sulfonamides is 1. The van der Waals surface area contributed by atoms with Crippen LogP contribution in [0.5, 0.6) is 5.75 Å². The highest BCUT2D eigenvalue weighted by Gasteiger charge is 2.19. The van der Waals surface area contributed by atoms with E-state index in [1.807, 2.05) is 38.1 Å². The minimum absolute atomic E-state index is 0.122. The van der Waals surface area contributed by atoms with Crippen molar-refractivity contribution in [2.45, 2.75) is 20.4 Å². The molecule has 1 N–H and O–H groups in total. The molecule has 0 aliphatic heterocycles. The maximum absolute atomic E-state index is 12.8. The molecular formula is C24H26N2O4S. The van der Waals surface area contributed by atoms with Crippen molar-refractivity contribution in [3.63, 3.8) is 0 Å². The van der Waals surface area contributed by atoms with Crippen LogP contribution >= 0.6 is 0 Å². The molecule has 6 nitrogen and oxygen atoms in total. The number of methoxy groups -OCH3 is 1. The second-order valence-corrected chi connectivity index (χ2v) is 9.30. The zero-order valence-corrected chi connectivity index (χ0v) is 18.9. The van der Waals surface area contributed by atoms with Gasteiger partial charge in [0, 0.05) is 5.56 Å². The van der Waals surface area contributed by atoms with Crippen LogP contribution in [-0.4, -0.2) is 27.7 Å². The number of aryl methyl sites for hydroxylation is 2. The Morgan fingerprint density at radius 2 is 1.71 bits per heavy atom. The molecule has 0 saturated carbocycles. The van der Waals surface area contributed by atoms with E-state index in [9.17, 15) is 13.2 Å². The molecule has 0 bridgehead atoms. The SMILES string of the molecule is COc1ccccc1NC(=O)c1cccc(CN(c2ccc(C)c(C)c2)S(C)(=O)=O)c1. The van der Waals surface area contributed by atoms with Crippen LogP contribution in [0, 0.1) is 13.8 Å². The molecule has 0 atom stereocenters. The van der Waals surface area contributed by atoms with Crippen molar-refractivity contribution in [3.8, 4) is 5.75 Å². The fourth-order valence-electron chi connectivity index (χ4n) is 3.20. The summed E-state index contributed by atoms with van der Waals surface area (Å²) in [5, 5.41) is 2.84. The lowest BCUT2D eigenvalue weighted by Gasteiger charge is -2.23. The van der Waals surface area contributed by atoms with Gasteiger partial charge in [-0.1, -0.05) is 30.3 Å². The van der Waals surface area contributed by atoms with Crippen molar-refractivity contribution in [2.24, 2.45) is 0 Å². The van der Waals surface area contributed by atoms with Gasteiger partial charge < -0.3 is 10.1 Å². The lowest BCUT2D eigenvalue weighted by Crippen LogP contribution is -2.29. The molecule has 0 fully saturated rings. The third-order valence-corrected chi connectivity index (χ3v) is 6.19.